The van der Waals surface area contributed by atoms with E-state index in [4.69, 9.17) is 9.47 Å². The minimum absolute atomic E-state index is 0.0389. The predicted molar refractivity (Wildman–Crippen MR) is 141 cm³/mol. The molecule has 1 aliphatic heterocycles. The maximum absolute atomic E-state index is 13.3. The van der Waals surface area contributed by atoms with Gasteiger partial charge in [-0.1, -0.05) is 58.9 Å². The Labute approximate surface area is 214 Å². The van der Waals surface area contributed by atoms with E-state index in [1.807, 2.05) is 24.3 Å². The van der Waals surface area contributed by atoms with Gasteiger partial charge in [-0.2, -0.15) is 0 Å². The second-order valence-corrected chi connectivity index (χ2v) is 9.96. The highest BCUT2D eigenvalue weighted by atomic mass is 16.5. The van der Waals surface area contributed by atoms with Gasteiger partial charge in [-0.3, -0.25) is 9.59 Å². The van der Waals surface area contributed by atoms with Gasteiger partial charge in [0.05, 0.1) is 25.8 Å². The van der Waals surface area contributed by atoms with E-state index >= 15 is 0 Å². The number of amides is 1. The summed E-state index contributed by atoms with van der Waals surface area (Å²) in [5.74, 6) is -0.600. The van der Waals surface area contributed by atoms with Gasteiger partial charge in [-0.25, -0.2) is 0 Å². The summed E-state index contributed by atoms with van der Waals surface area (Å²) >= 11 is 0. The zero-order valence-corrected chi connectivity index (χ0v) is 22.4. The summed E-state index contributed by atoms with van der Waals surface area (Å²) < 4.78 is 10.7. The minimum atomic E-state index is -0.692. The monoisotopic (exact) mass is 494 g/mol. The molecule has 1 N–H and O–H groups in total. The van der Waals surface area contributed by atoms with Crippen molar-refractivity contribution in [3.05, 3.63) is 64.7 Å². The molecule has 0 aliphatic carbocycles. The number of ether oxygens (including phenoxy) is 2. The fourth-order valence-corrected chi connectivity index (χ4v) is 4.55. The third kappa shape index (κ3) is 5.41. The number of ketones is 1. The van der Waals surface area contributed by atoms with Crippen LogP contribution in [0.2, 0.25) is 0 Å². The van der Waals surface area contributed by atoms with E-state index in [2.05, 4.69) is 39.5 Å². The number of carbonyl (C=O) groups is 2. The standard InChI is InChI=1S/C29H38N2O5/c1-8-30(9-2)16-17-31-25(19-10-13-21(14-11-19)29(3,4)5)24(27(33)28(31)34)26(32)20-12-15-22(35-6)23(18-20)36-7/h10-15,18,25,32H,8-9,16-17H2,1-7H3/b26-24-. The minimum Gasteiger partial charge on any atom is -0.507 e. The van der Waals surface area contributed by atoms with Crippen LogP contribution in [0.4, 0.5) is 0 Å². The second kappa shape index (κ2) is 11.2. The van der Waals surface area contributed by atoms with E-state index in [9.17, 15) is 14.7 Å². The van der Waals surface area contributed by atoms with E-state index in [1.165, 1.54) is 14.2 Å². The number of rotatable bonds is 9. The molecule has 0 saturated carbocycles. The molecule has 1 fully saturated rings. The van der Waals surface area contributed by atoms with Gasteiger partial charge in [0, 0.05) is 18.7 Å². The van der Waals surface area contributed by atoms with Crippen LogP contribution in [-0.2, 0) is 15.0 Å². The molecule has 1 unspecified atom stereocenters. The van der Waals surface area contributed by atoms with Crippen molar-refractivity contribution in [3.8, 4) is 11.5 Å². The molecule has 0 aromatic heterocycles. The maximum atomic E-state index is 13.3. The van der Waals surface area contributed by atoms with Crippen molar-refractivity contribution >= 4 is 17.4 Å². The fraction of sp³-hybridized carbons (Fsp3) is 0.448. The van der Waals surface area contributed by atoms with Crippen LogP contribution < -0.4 is 9.47 Å². The molecule has 194 valence electrons. The van der Waals surface area contributed by atoms with Crippen molar-refractivity contribution in [2.45, 2.75) is 46.1 Å². The molecular formula is C29H38N2O5. The Morgan fingerprint density at radius 3 is 2.11 bits per heavy atom. The Balaban J connectivity index is 2.14. The number of nitrogens with zero attached hydrogens (tertiary/aromatic N) is 2. The first-order valence-corrected chi connectivity index (χ1v) is 12.4. The van der Waals surface area contributed by atoms with Gasteiger partial charge >= 0.3 is 0 Å². The molecule has 1 atom stereocenters. The molecule has 1 saturated heterocycles. The summed E-state index contributed by atoms with van der Waals surface area (Å²) in [5.41, 5.74) is 2.35. The Bertz CT molecular complexity index is 1130. The van der Waals surface area contributed by atoms with Crippen LogP contribution >= 0.6 is 0 Å². The van der Waals surface area contributed by atoms with Crippen LogP contribution in [0, 0.1) is 0 Å². The molecule has 7 nitrogen and oxygen atoms in total. The van der Waals surface area contributed by atoms with Crippen molar-refractivity contribution in [1.29, 1.82) is 0 Å². The lowest BCUT2D eigenvalue weighted by molar-refractivity contribution is -0.140. The lowest BCUT2D eigenvalue weighted by atomic mass is 9.85. The largest absolute Gasteiger partial charge is 0.507 e. The van der Waals surface area contributed by atoms with Crippen molar-refractivity contribution in [2.75, 3.05) is 40.4 Å². The Kier molecular flexibility index (Phi) is 8.46. The van der Waals surface area contributed by atoms with Crippen LogP contribution in [0.3, 0.4) is 0 Å². The normalized spacial score (nSPS) is 17.7. The molecule has 2 aromatic rings. The molecule has 3 rings (SSSR count). The number of hydrogen-bond donors (Lipinski definition) is 1. The van der Waals surface area contributed by atoms with Crippen molar-refractivity contribution in [3.63, 3.8) is 0 Å². The fourth-order valence-electron chi connectivity index (χ4n) is 4.55. The SMILES string of the molecule is CCN(CC)CCN1C(=O)C(=O)/C(=C(\O)c2ccc(OC)c(OC)c2)C1c1ccc(C(C)(C)C)cc1. The molecule has 36 heavy (non-hydrogen) atoms. The zero-order valence-electron chi connectivity index (χ0n) is 22.4. The average Bonchev–Trinajstić information content (AvgIpc) is 3.13. The summed E-state index contributed by atoms with van der Waals surface area (Å²) in [7, 11) is 3.03. The van der Waals surface area contributed by atoms with Gasteiger partial charge in [-0.15, -0.1) is 0 Å². The highest BCUT2D eigenvalue weighted by molar-refractivity contribution is 6.46. The number of carbonyl (C=O) groups excluding carboxylic acids is 2. The summed E-state index contributed by atoms with van der Waals surface area (Å²) in [6.07, 6.45) is 0. The van der Waals surface area contributed by atoms with Crippen LogP contribution in [0.1, 0.15) is 57.4 Å². The Morgan fingerprint density at radius 2 is 1.58 bits per heavy atom. The van der Waals surface area contributed by atoms with Crippen molar-refractivity contribution in [2.24, 2.45) is 0 Å². The van der Waals surface area contributed by atoms with Gasteiger partial charge in [0.1, 0.15) is 5.76 Å². The third-order valence-corrected chi connectivity index (χ3v) is 6.84. The molecule has 1 heterocycles. The number of aliphatic hydroxyl groups is 1. The number of methoxy groups -OCH3 is 2. The van der Waals surface area contributed by atoms with E-state index < -0.39 is 17.7 Å². The quantitative estimate of drug-likeness (QED) is 0.308. The summed E-state index contributed by atoms with van der Waals surface area (Å²) in [4.78, 5) is 30.3. The van der Waals surface area contributed by atoms with E-state index in [0.29, 0.717) is 30.2 Å². The summed E-state index contributed by atoms with van der Waals surface area (Å²) in [6.45, 7) is 13.2. The number of likely N-dealkylation sites (N-methyl/N-ethyl adjacent to an activating group) is 1. The highest BCUT2D eigenvalue weighted by Gasteiger charge is 2.46. The molecule has 2 aromatic carbocycles. The molecule has 0 radical (unpaired) electrons. The molecule has 7 heteroatoms. The van der Waals surface area contributed by atoms with Crippen LogP contribution in [0.15, 0.2) is 48.0 Å². The van der Waals surface area contributed by atoms with Gasteiger partial charge < -0.3 is 24.4 Å². The first kappa shape index (κ1) is 27.3. The van der Waals surface area contributed by atoms with Gasteiger partial charge in [0.15, 0.2) is 11.5 Å². The van der Waals surface area contributed by atoms with E-state index in [1.54, 1.807) is 23.1 Å². The van der Waals surface area contributed by atoms with Gasteiger partial charge in [0.25, 0.3) is 11.7 Å². The molecular weight excluding hydrogens is 456 g/mol. The summed E-state index contributed by atoms with van der Waals surface area (Å²) in [6, 6.07) is 12.2. The predicted octanol–water partition coefficient (Wildman–Crippen LogP) is 4.76. The molecule has 1 amide bonds. The highest BCUT2D eigenvalue weighted by Crippen LogP contribution is 2.41. The Hall–Kier alpha value is -3.32. The van der Waals surface area contributed by atoms with E-state index in [-0.39, 0.29) is 16.7 Å². The molecule has 0 bridgehead atoms. The van der Waals surface area contributed by atoms with Crippen LogP contribution in [-0.4, -0.2) is 67.0 Å². The molecule has 0 spiro atoms. The van der Waals surface area contributed by atoms with Crippen LogP contribution in [0.5, 0.6) is 11.5 Å². The lowest BCUT2D eigenvalue weighted by Crippen LogP contribution is -2.38. The number of likely N-dealkylation sites (tertiary alicyclic amines) is 1. The average molecular weight is 495 g/mol. The maximum Gasteiger partial charge on any atom is 0.295 e. The van der Waals surface area contributed by atoms with Gasteiger partial charge in [0.2, 0.25) is 0 Å². The number of aliphatic hydroxyl groups excluding tert-OH is 1. The number of benzene rings is 2. The summed E-state index contributed by atoms with van der Waals surface area (Å²) in [5, 5.41) is 11.4. The smallest absolute Gasteiger partial charge is 0.295 e. The van der Waals surface area contributed by atoms with Crippen molar-refractivity contribution in [1.82, 2.24) is 9.80 Å². The molecule has 1 aliphatic rings. The zero-order chi connectivity index (χ0) is 26.6. The van der Waals surface area contributed by atoms with Gasteiger partial charge in [-0.05, 0) is 47.8 Å². The van der Waals surface area contributed by atoms with Crippen LogP contribution in [0.25, 0.3) is 5.76 Å². The first-order valence-electron chi connectivity index (χ1n) is 12.4. The lowest BCUT2D eigenvalue weighted by Gasteiger charge is -2.28. The van der Waals surface area contributed by atoms with E-state index in [0.717, 1.165) is 24.2 Å². The first-order chi connectivity index (χ1) is 17.1. The number of Topliss-reactive ketones (excluding diaryl/α,β-unsaturated/α-hetero) is 1. The topological polar surface area (TPSA) is 79.3 Å². The third-order valence-electron chi connectivity index (χ3n) is 6.84. The van der Waals surface area contributed by atoms with Crippen molar-refractivity contribution < 1.29 is 24.2 Å². The number of hydrogen-bond acceptors (Lipinski definition) is 6. The second-order valence-electron chi connectivity index (χ2n) is 9.96. The Morgan fingerprint density at radius 1 is 0.972 bits per heavy atom.